The lowest BCUT2D eigenvalue weighted by molar-refractivity contribution is -0.137. The Hall–Kier alpha value is -2.89. The molecule has 0 bridgehead atoms. The molecule has 134 valence electrons. The summed E-state index contributed by atoms with van der Waals surface area (Å²) < 4.78 is 22.3. The van der Waals surface area contributed by atoms with E-state index in [1.54, 1.807) is 19.1 Å². The van der Waals surface area contributed by atoms with Gasteiger partial charge in [0.05, 0.1) is 17.8 Å². The lowest BCUT2D eigenvalue weighted by Crippen LogP contribution is -2.03. The minimum atomic E-state index is -0.372. The van der Waals surface area contributed by atoms with Gasteiger partial charge in [-0.1, -0.05) is 0 Å². The number of hydrogen-bond donors (Lipinski definition) is 0. The minimum Gasteiger partial charge on any atom is -0.463 e. The molecule has 1 aromatic carbocycles. The predicted molar refractivity (Wildman–Crippen MR) is 97.6 cm³/mol. The Morgan fingerprint density at radius 3 is 2.92 bits per heavy atom. The van der Waals surface area contributed by atoms with E-state index in [1.807, 2.05) is 28.6 Å². The molecule has 1 fully saturated rings. The van der Waals surface area contributed by atoms with Gasteiger partial charge in [0.2, 0.25) is 0 Å². The van der Waals surface area contributed by atoms with Crippen LogP contribution in [0.1, 0.15) is 36.9 Å². The number of aryl methyl sites for hydroxylation is 1. The maximum Gasteiger partial charge on any atom is 0.330 e. The molecular formula is C20H20FN3O2. The molecule has 4 rings (SSSR count). The lowest BCUT2D eigenvalue weighted by atomic mass is 10.1. The molecule has 0 atom stereocenters. The van der Waals surface area contributed by atoms with Gasteiger partial charge in [-0.2, -0.15) is 5.10 Å². The molecule has 26 heavy (non-hydrogen) atoms. The van der Waals surface area contributed by atoms with Crippen LogP contribution in [-0.4, -0.2) is 26.9 Å². The molecule has 0 saturated heterocycles. The first-order valence-corrected chi connectivity index (χ1v) is 8.77. The van der Waals surface area contributed by atoms with Gasteiger partial charge < -0.3 is 9.30 Å². The molecule has 1 aliphatic carbocycles. The summed E-state index contributed by atoms with van der Waals surface area (Å²) in [5, 5.41) is 5.51. The van der Waals surface area contributed by atoms with Gasteiger partial charge in [-0.3, -0.25) is 4.68 Å². The van der Waals surface area contributed by atoms with E-state index in [4.69, 9.17) is 9.84 Å². The smallest absolute Gasteiger partial charge is 0.330 e. The number of halogens is 1. The average Bonchev–Trinajstić information content (AvgIpc) is 3.30. The van der Waals surface area contributed by atoms with E-state index in [0.717, 1.165) is 40.8 Å². The number of carbonyl (C=O) groups is 1. The van der Waals surface area contributed by atoms with Gasteiger partial charge in [0.15, 0.2) is 0 Å². The number of rotatable bonds is 5. The van der Waals surface area contributed by atoms with Gasteiger partial charge in [0.1, 0.15) is 11.6 Å². The van der Waals surface area contributed by atoms with Crippen molar-refractivity contribution in [2.45, 2.75) is 25.7 Å². The summed E-state index contributed by atoms with van der Waals surface area (Å²) in [4.78, 5) is 11.8. The van der Waals surface area contributed by atoms with Gasteiger partial charge >= 0.3 is 5.97 Å². The van der Waals surface area contributed by atoms with Crippen molar-refractivity contribution >= 4 is 22.9 Å². The van der Waals surface area contributed by atoms with E-state index >= 15 is 0 Å². The molecule has 0 amide bonds. The first kappa shape index (κ1) is 16.6. The topological polar surface area (TPSA) is 49.0 Å². The second-order valence-corrected chi connectivity index (χ2v) is 6.49. The third kappa shape index (κ3) is 2.92. The molecule has 6 heteroatoms. The van der Waals surface area contributed by atoms with Crippen LogP contribution in [0.3, 0.4) is 0 Å². The second-order valence-electron chi connectivity index (χ2n) is 6.49. The van der Waals surface area contributed by atoms with E-state index in [0.29, 0.717) is 12.5 Å². The van der Waals surface area contributed by atoms with Gasteiger partial charge in [0, 0.05) is 36.2 Å². The molecule has 1 aliphatic rings. The van der Waals surface area contributed by atoms with Crippen LogP contribution in [0.2, 0.25) is 0 Å². The maximum atomic E-state index is 13.5. The number of hydrogen-bond acceptors (Lipinski definition) is 3. The highest BCUT2D eigenvalue weighted by Gasteiger charge is 2.31. The number of nitrogens with zero attached hydrogens (tertiary/aromatic N) is 3. The largest absolute Gasteiger partial charge is 0.463 e. The molecule has 3 aromatic rings. The Bertz CT molecular complexity index is 1010. The SMILES string of the molecule is CCOC(=O)C=Cc1c(C2CC2)nn(C)c1-n1ccc2cc(F)ccc21. The van der Waals surface area contributed by atoms with Crippen molar-refractivity contribution in [2.75, 3.05) is 6.61 Å². The zero-order valence-electron chi connectivity index (χ0n) is 14.8. The Morgan fingerprint density at radius 2 is 2.19 bits per heavy atom. The molecule has 1 saturated carbocycles. The molecule has 0 radical (unpaired) electrons. The molecule has 2 aromatic heterocycles. The summed E-state index contributed by atoms with van der Waals surface area (Å²) in [6.07, 6.45) is 7.34. The summed E-state index contributed by atoms with van der Waals surface area (Å²) >= 11 is 0. The van der Waals surface area contributed by atoms with E-state index in [2.05, 4.69) is 0 Å². The van der Waals surface area contributed by atoms with Gasteiger partial charge in [0.25, 0.3) is 0 Å². The summed E-state index contributed by atoms with van der Waals surface area (Å²) in [6.45, 7) is 2.12. The highest BCUT2D eigenvalue weighted by atomic mass is 19.1. The molecule has 0 spiro atoms. The van der Waals surface area contributed by atoms with E-state index in [-0.39, 0.29) is 11.8 Å². The monoisotopic (exact) mass is 353 g/mol. The number of esters is 1. The zero-order chi connectivity index (χ0) is 18.3. The Morgan fingerprint density at radius 1 is 1.38 bits per heavy atom. The molecule has 0 N–H and O–H groups in total. The van der Waals surface area contributed by atoms with Crippen LogP contribution in [-0.2, 0) is 16.6 Å². The van der Waals surface area contributed by atoms with E-state index in [1.165, 1.54) is 18.2 Å². The van der Waals surface area contributed by atoms with Crippen LogP contribution in [0.5, 0.6) is 0 Å². The first-order chi connectivity index (χ1) is 12.6. The Labute approximate surface area is 150 Å². The lowest BCUT2D eigenvalue weighted by Gasteiger charge is -2.08. The predicted octanol–water partition coefficient (Wildman–Crippen LogP) is 3.96. The molecule has 5 nitrogen and oxygen atoms in total. The van der Waals surface area contributed by atoms with Crippen molar-refractivity contribution in [1.82, 2.24) is 14.3 Å². The number of fused-ring (bicyclic) bond motifs is 1. The molecule has 0 unspecified atom stereocenters. The zero-order valence-corrected chi connectivity index (χ0v) is 14.8. The normalized spacial score (nSPS) is 14.4. The Balaban J connectivity index is 1.85. The Kier molecular flexibility index (Phi) is 4.11. The van der Waals surface area contributed by atoms with Crippen molar-refractivity contribution in [2.24, 2.45) is 7.05 Å². The van der Waals surface area contributed by atoms with Crippen LogP contribution in [0.25, 0.3) is 22.8 Å². The van der Waals surface area contributed by atoms with Crippen molar-refractivity contribution < 1.29 is 13.9 Å². The van der Waals surface area contributed by atoms with Crippen LogP contribution in [0.15, 0.2) is 36.5 Å². The molecule has 0 aliphatic heterocycles. The summed E-state index contributed by atoms with van der Waals surface area (Å²) in [6, 6.07) is 6.59. The second kappa shape index (κ2) is 6.44. The van der Waals surface area contributed by atoms with E-state index in [9.17, 15) is 9.18 Å². The summed E-state index contributed by atoms with van der Waals surface area (Å²) in [7, 11) is 1.89. The van der Waals surface area contributed by atoms with Gasteiger partial charge in [-0.25, -0.2) is 9.18 Å². The maximum absolute atomic E-state index is 13.5. The average molecular weight is 353 g/mol. The van der Waals surface area contributed by atoms with Crippen molar-refractivity contribution in [1.29, 1.82) is 0 Å². The van der Waals surface area contributed by atoms with E-state index < -0.39 is 0 Å². The number of ether oxygens (including phenoxy) is 1. The third-order valence-electron chi connectivity index (χ3n) is 4.60. The third-order valence-corrected chi connectivity index (χ3v) is 4.60. The standard InChI is InChI=1S/C20H20FN3O2/c1-3-26-18(25)9-7-16-19(13-4-5-13)22-23(2)20(16)24-11-10-14-12-15(21)6-8-17(14)24/h6-13H,3-5H2,1-2H3. The molecule has 2 heterocycles. The highest BCUT2D eigenvalue weighted by molar-refractivity contribution is 5.89. The fourth-order valence-corrected chi connectivity index (χ4v) is 3.30. The first-order valence-electron chi connectivity index (χ1n) is 8.77. The number of benzene rings is 1. The summed E-state index contributed by atoms with van der Waals surface area (Å²) in [5.74, 6) is 0.648. The minimum absolute atomic E-state index is 0.263. The highest BCUT2D eigenvalue weighted by Crippen LogP contribution is 2.43. The summed E-state index contributed by atoms with van der Waals surface area (Å²) in [5.41, 5.74) is 2.79. The van der Waals surface area contributed by atoms with Crippen LogP contribution < -0.4 is 0 Å². The van der Waals surface area contributed by atoms with Crippen molar-refractivity contribution in [3.63, 3.8) is 0 Å². The number of aromatic nitrogens is 3. The molecular weight excluding hydrogens is 333 g/mol. The van der Waals surface area contributed by atoms with Crippen LogP contribution in [0, 0.1) is 5.82 Å². The van der Waals surface area contributed by atoms with Gasteiger partial charge in [-0.05, 0) is 50.1 Å². The fourth-order valence-electron chi connectivity index (χ4n) is 3.30. The van der Waals surface area contributed by atoms with Crippen LogP contribution >= 0.6 is 0 Å². The van der Waals surface area contributed by atoms with Crippen molar-refractivity contribution in [3.8, 4) is 5.82 Å². The van der Waals surface area contributed by atoms with Crippen molar-refractivity contribution in [3.05, 3.63) is 53.6 Å². The van der Waals surface area contributed by atoms with Crippen LogP contribution in [0.4, 0.5) is 4.39 Å². The quantitative estimate of drug-likeness (QED) is 0.515. The number of carbonyl (C=O) groups excluding carboxylic acids is 1. The van der Waals surface area contributed by atoms with Gasteiger partial charge in [-0.15, -0.1) is 0 Å². The fraction of sp³-hybridized carbons (Fsp3) is 0.300.